The lowest BCUT2D eigenvalue weighted by Gasteiger charge is -2.24. The molecule has 2 aromatic carbocycles. The van der Waals surface area contributed by atoms with Gasteiger partial charge in [-0.25, -0.2) is 4.79 Å². The van der Waals surface area contributed by atoms with Gasteiger partial charge < -0.3 is 9.53 Å². The summed E-state index contributed by atoms with van der Waals surface area (Å²) in [5.74, 6) is -1.68. The fourth-order valence-corrected chi connectivity index (χ4v) is 3.06. The predicted molar refractivity (Wildman–Crippen MR) is 96.9 cm³/mol. The van der Waals surface area contributed by atoms with Crippen molar-refractivity contribution in [2.24, 2.45) is 0 Å². The van der Waals surface area contributed by atoms with E-state index in [0.717, 1.165) is 16.7 Å². The minimum atomic E-state index is -1.05. The van der Waals surface area contributed by atoms with Crippen molar-refractivity contribution in [2.75, 3.05) is 0 Å². The first-order valence-corrected chi connectivity index (χ1v) is 8.74. The van der Waals surface area contributed by atoms with Gasteiger partial charge in [-0.15, -0.1) is 0 Å². The minimum Gasteiger partial charge on any atom is -0.459 e. The molecule has 0 N–H and O–H groups in total. The summed E-state index contributed by atoms with van der Waals surface area (Å²) in [6.07, 6.45) is 1.54. The predicted octanol–water partition coefficient (Wildman–Crippen LogP) is 2.76. The van der Waals surface area contributed by atoms with Crippen LogP contribution in [0.3, 0.4) is 0 Å². The Morgan fingerprint density at radius 2 is 1.56 bits per heavy atom. The van der Waals surface area contributed by atoms with Gasteiger partial charge in [0.2, 0.25) is 0 Å². The smallest absolute Gasteiger partial charge is 0.329 e. The molecule has 0 aliphatic carbocycles. The van der Waals surface area contributed by atoms with Gasteiger partial charge in [0.1, 0.15) is 18.9 Å². The van der Waals surface area contributed by atoms with Gasteiger partial charge in [-0.1, -0.05) is 42.5 Å². The molecule has 0 saturated heterocycles. The highest BCUT2D eigenvalue weighted by atomic mass is 16.5. The first-order valence-electron chi connectivity index (χ1n) is 8.74. The molecule has 2 aromatic rings. The lowest BCUT2D eigenvalue weighted by Crippen LogP contribution is -2.45. The van der Waals surface area contributed by atoms with Crippen LogP contribution in [0.4, 0.5) is 0 Å². The van der Waals surface area contributed by atoms with E-state index < -0.39 is 23.8 Å². The second kappa shape index (κ2) is 8.40. The number of imide groups is 1. The second-order valence-electron chi connectivity index (χ2n) is 6.23. The van der Waals surface area contributed by atoms with E-state index in [-0.39, 0.29) is 30.6 Å². The van der Waals surface area contributed by atoms with Crippen LogP contribution in [0.25, 0.3) is 0 Å². The van der Waals surface area contributed by atoms with E-state index in [1.54, 1.807) is 24.3 Å². The van der Waals surface area contributed by atoms with E-state index in [9.17, 15) is 19.2 Å². The van der Waals surface area contributed by atoms with E-state index in [0.29, 0.717) is 6.42 Å². The zero-order valence-electron chi connectivity index (χ0n) is 14.7. The Bertz CT molecular complexity index is 827. The molecule has 6 heteroatoms. The number of carbonyl (C=O) groups is 4. The number of unbranched alkanes of at least 4 members (excludes halogenated alkanes) is 1. The Morgan fingerprint density at radius 1 is 0.963 bits per heavy atom. The number of ether oxygens (including phenoxy) is 1. The molecule has 0 radical (unpaired) electrons. The molecule has 1 aliphatic rings. The molecule has 0 bridgehead atoms. The van der Waals surface area contributed by atoms with Gasteiger partial charge >= 0.3 is 5.97 Å². The van der Waals surface area contributed by atoms with Crippen LogP contribution in [0.1, 0.15) is 45.5 Å². The normalized spacial score (nSPS) is 14.0. The molecule has 6 nitrogen and oxygen atoms in total. The van der Waals surface area contributed by atoms with Crippen molar-refractivity contribution in [1.29, 1.82) is 0 Å². The highest BCUT2D eigenvalue weighted by Gasteiger charge is 2.43. The number of nitrogens with zero attached hydrogens (tertiary/aromatic N) is 1. The van der Waals surface area contributed by atoms with Crippen molar-refractivity contribution in [2.45, 2.75) is 31.9 Å². The molecule has 0 spiro atoms. The highest BCUT2D eigenvalue weighted by Crippen LogP contribution is 2.27. The molecule has 1 heterocycles. The summed E-state index contributed by atoms with van der Waals surface area (Å²) in [4.78, 5) is 49.7. The molecule has 0 saturated carbocycles. The third-order valence-electron chi connectivity index (χ3n) is 4.43. The topological polar surface area (TPSA) is 80.8 Å². The van der Waals surface area contributed by atoms with E-state index in [1.807, 2.05) is 30.3 Å². The number of hydrogen-bond acceptors (Lipinski definition) is 5. The van der Waals surface area contributed by atoms with Gasteiger partial charge in [0, 0.05) is 6.42 Å². The standard InChI is InChI=1S/C21H19NO5/c23-13-7-6-12-18(21(26)27-14-15-8-2-1-3-9-15)22-19(24)16-10-4-5-11-17(16)20(22)25/h1-5,8-11,13,18H,6-7,12,14H2/t18-/m0/s1. The van der Waals surface area contributed by atoms with Gasteiger partial charge in [0.15, 0.2) is 0 Å². The molecule has 1 aliphatic heterocycles. The zero-order valence-corrected chi connectivity index (χ0v) is 14.7. The van der Waals surface area contributed by atoms with Crippen LogP contribution in [-0.2, 0) is 20.9 Å². The third-order valence-corrected chi connectivity index (χ3v) is 4.43. The van der Waals surface area contributed by atoms with Crippen LogP contribution in [0, 0.1) is 0 Å². The van der Waals surface area contributed by atoms with Gasteiger partial charge in [-0.3, -0.25) is 14.5 Å². The Labute approximate surface area is 156 Å². The highest BCUT2D eigenvalue weighted by molar-refractivity contribution is 6.22. The van der Waals surface area contributed by atoms with E-state index in [1.165, 1.54) is 0 Å². The zero-order chi connectivity index (χ0) is 19.2. The minimum absolute atomic E-state index is 0.0486. The van der Waals surface area contributed by atoms with E-state index in [4.69, 9.17) is 4.74 Å². The maximum absolute atomic E-state index is 12.7. The summed E-state index contributed by atoms with van der Waals surface area (Å²) in [5, 5.41) is 0. The molecular weight excluding hydrogens is 346 g/mol. The summed E-state index contributed by atoms with van der Waals surface area (Å²) in [7, 11) is 0. The fourth-order valence-electron chi connectivity index (χ4n) is 3.06. The fraction of sp³-hybridized carbons (Fsp3) is 0.238. The summed E-state index contributed by atoms with van der Waals surface area (Å²) in [5.41, 5.74) is 1.36. The van der Waals surface area contributed by atoms with Crippen LogP contribution in [0.5, 0.6) is 0 Å². The second-order valence-corrected chi connectivity index (χ2v) is 6.23. The maximum Gasteiger partial charge on any atom is 0.329 e. The Balaban J connectivity index is 1.79. The molecule has 138 valence electrons. The molecule has 2 amide bonds. The molecule has 1 atom stereocenters. The molecule has 0 aromatic heterocycles. The Morgan fingerprint density at radius 3 is 2.15 bits per heavy atom. The number of carbonyl (C=O) groups excluding carboxylic acids is 4. The number of amides is 2. The third kappa shape index (κ3) is 3.95. The van der Waals surface area contributed by atoms with Gasteiger partial charge in [0.25, 0.3) is 11.8 Å². The number of rotatable bonds is 8. The van der Waals surface area contributed by atoms with Crippen molar-refractivity contribution in [3.63, 3.8) is 0 Å². The van der Waals surface area contributed by atoms with Gasteiger partial charge in [-0.2, -0.15) is 0 Å². The number of fused-ring (bicyclic) bond motifs is 1. The first-order chi connectivity index (χ1) is 13.1. The molecule has 3 rings (SSSR count). The van der Waals surface area contributed by atoms with E-state index >= 15 is 0 Å². The first kappa shape index (κ1) is 18.5. The number of benzene rings is 2. The largest absolute Gasteiger partial charge is 0.459 e. The molecule has 0 fully saturated rings. The Kier molecular flexibility index (Phi) is 5.76. The lowest BCUT2D eigenvalue weighted by molar-refractivity contribution is -0.150. The summed E-state index contributed by atoms with van der Waals surface area (Å²) in [6, 6.07) is 14.6. The number of hydrogen-bond donors (Lipinski definition) is 0. The quantitative estimate of drug-likeness (QED) is 0.311. The Hall–Kier alpha value is -3.28. The van der Waals surface area contributed by atoms with Crippen LogP contribution < -0.4 is 0 Å². The van der Waals surface area contributed by atoms with Crippen molar-refractivity contribution < 1.29 is 23.9 Å². The molecule has 0 unspecified atom stereocenters. The average molecular weight is 365 g/mol. The number of esters is 1. The van der Waals surface area contributed by atoms with Gasteiger partial charge in [-0.05, 0) is 30.5 Å². The number of aldehydes is 1. The molecule has 27 heavy (non-hydrogen) atoms. The summed E-state index contributed by atoms with van der Waals surface area (Å²) in [6.45, 7) is 0.0486. The van der Waals surface area contributed by atoms with Crippen molar-refractivity contribution in [1.82, 2.24) is 4.90 Å². The van der Waals surface area contributed by atoms with Gasteiger partial charge in [0.05, 0.1) is 11.1 Å². The van der Waals surface area contributed by atoms with Crippen molar-refractivity contribution >= 4 is 24.1 Å². The summed E-state index contributed by atoms with van der Waals surface area (Å²) < 4.78 is 5.36. The SMILES string of the molecule is O=CCCC[C@@H](C(=O)OCc1ccccc1)N1C(=O)c2ccccc2C1=O. The van der Waals surface area contributed by atoms with Crippen LogP contribution in [0.15, 0.2) is 54.6 Å². The van der Waals surface area contributed by atoms with Crippen LogP contribution in [0.2, 0.25) is 0 Å². The molecular formula is C21H19NO5. The monoisotopic (exact) mass is 365 g/mol. The average Bonchev–Trinajstić information content (AvgIpc) is 2.95. The van der Waals surface area contributed by atoms with Crippen molar-refractivity contribution in [3.05, 3.63) is 71.3 Å². The van der Waals surface area contributed by atoms with Crippen molar-refractivity contribution in [3.8, 4) is 0 Å². The van der Waals surface area contributed by atoms with Crippen LogP contribution >= 0.6 is 0 Å². The lowest BCUT2D eigenvalue weighted by atomic mass is 10.1. The summed E-state index contributed by atoms with van der Waals surface area (Å²) >= 11 is 0. The van der Waals surface area contributed by atoms with E-state index in [2.05, 4.69) is 0 Å². The maximum atomic E-state index is 12.7. The van der Waals surface area contributed by atoms with Crippen LogP contribution in [-0.4, -0.2) is 35.0 Å².